The average molecular weight is 486 g/mol. The third kappa shape index (κ3) is 4.97. The summed E-state index contributed by atoms with van der Waals surface area (Å²) in [5.74, 6) is -1.07. The lowest BCUT2D eigenvalue weighted by atomic mass is 9.94. The van der Waals surface area contributed by atoms with Crippen LogP contribution in [0.25, 0.3) is 0 Å². The molecule has 2 heterocycles. The number of rotatable bonds is 5. The van der Waals surface area contributed by atoms with Gasteiger partial charge >= 0.3 is 5.97 Å². The predicted molar refractivity (Wildman–Crippen MR) is 126 cm³/mol. The van der Waals surface area contributed by atoms with Crippen molar-refractivity contribution in [1.29, 1.82) is 0 Å². The Kier molecular flexibility index (Phi) is 6.72. The molecule has 1 saturated heterocycles. The number of benzene rings is 2. The molecule has 2 aromatic carbocycles. The zero-order valence-corrected chi connectivity index (χ0v) is 19.9. The number of hydrogen-bond donors (Lipinski definition) is 1. The van der Waals surface area contributed by atoms with Crippen LogP contribution in [0.5, 0.6) is 0 Å². The number of hydrogen-bond acceptors (Lipinski definition) is 6. The van der Waals surface area contributed by atoms with Gasteiger partial charge in [-0.1, -0.05) is 26.0 Å². The molecule has 0 saturated carbocycles. The Morgan fingerprint density at radius 2 is 1.68 bits per heavy atom. The van der Waals surface area contributed by atoms with E-state index in [1.807, 2.05) is 13.8 Å². The van der Waals surface area contributed by atoms with Gasteiger partial charge in [0.1, 0.15) is 6.54 Å². The predicted octanol–water partition coefficient (Wildman–Crippen LogP) is 2.50. The normalized spacial score (nSPS) is 20.9. The van der Waals surface area contributed by atoms with E-state index < -0.39 is 28.5 Å². The second kappa shape index (κ2) is 9.55. The van der Waals surface area contributed by atoms with Crippen molar-refractivity contribution >= 4 is 39.2 Å². The van der Waals surface area contributed by atoms with Crippen molar-refractivity contribution in [2.45, 2.75) is 25.2 Å². The summed E-state index contributed by atoms with van der Waals surface area (Å²) in [6.45, 7) is 4.28. The van der Waals surface area contributed by atoms with Crippen molar-refractivity contribution in [1.82, 2.24) is 4.31 Å². The second-order valence-electron chi connectivity index (χ2n) is 8.91. The average Bonchev–Trinajstić information content (AvgIpc) is 2.81. The monoisotopic (exact) mass is 485 g/mol. The number of ether oxygens (including phenoxy) is 1. The molecule has 34 heavy (non-hydrogen) atoms. The molecule has 2 aliphatic heterocycles. The Morgan fingerprint density at radius 3 is 2.35 bits per heavy atom. The van der Waals surface area contributed by atoms with E-state index in [0.717, 1.165) is 6.42 Å². The fourth-order valence-electron chi connectivity index (χ4n) is 4.46. The van der Waals surface area contributed by atoms with Crippen molar-refractivity contribution in [3.8, 4) is 0 Å². The number of piperidine rings is 1. The van der Waals surface area contributed by atoms with E-state index in [1.165, 1.54) is 33.5 Å². The summed E-state index contributed by atoms with van der Waals surface area (Å²) in [4.78, 5) is 38.4. The minimum absolute atomic E-state index is 0.109. The van der Waals surface area contributed by atoms with Crippen LogP contribution in [0.4, 0.5) is 11.4 Å². The van der Waals surface area contributed by atoms with Crippen molar-refractivity contribution < 1.29 is 27.5 Å². The molecule has 2 aliphatic rings. The Bertz CT molecular complexity index is 1200. The minimum Gasteiger partial charge on any atom is -0.452 e. The molecule has 0 unspecified atom stereocenters. The number of amides is 2. The maximum absolute atomic E-state index is 13.0. The maximum atomic E-state index is 13.0. The molecule has 9 nitrogen and oxygen atoms in total. The van der Waals surface area contributed by atoms with Gasteiger partial charge in [-0.3, -0.25) is 14.5 Å². The summed E-state index contributed by atoms with van der Waals surface area (Å²) >= 11 is 0. The quantitative estimate of drug-likeness (QED) is 0.651. The first-order valence-corrected chi connectivity index (χ1v) is 12.6. The van der Waals surface area contributed by atoms with Crippen molar-refractivity contribution in [3.63, 3.8) is 0 Å². The van der Waals surface area contributed by atoms with Crippen LogP contribution in [-0.2, 0) is 24.3 Å². The summed E-state index contributed by atoms with van der Waals surface area (Å²) in [5.41, 5.74) is 1.16. The Balaban J connectivity index is 1.40. The van der Waals surface area contributed by atoms with Crippen LogP contribution < -0.4 is 10.2 Å². The number of carbonyl (C=O) groups is 3. The van der Waals surface area contributed by atoms with Gasteiger partial charge in [-0.05, 0) is 54.7 Å². The highest BCUT2D eigenvalue weighted by molar-refractivity contribution is 7.89. The molecule has 10 heteroatoms. The van der Waals surface area contributed by atoms with Crippen molar-refractivity contribution in [3.05, 3.63) is 54.1 Å². The molecule has 1 fully saturated rings. The highest BCUT2D eigenvalue weighted by atomic mass is 32.2. The third-order valence-corrected chi connectivity index (χ3v) is 7.81. The first-order chi connectivity index (χ1) is 16.1. The molecule has 2 amide bonds. The van der Waals surface area contributed by atoms with E-state index in [1.54, 1.807) is 24.3 Å². The van der Waals surface area contributed by atoms with Crippen LogP contribution in [0, 0.1) is 11.8 Å². The van der Waals surface area contributed by atoms with E-state index in [2.05, 4.69) is 5.32 Å². The summed E-state index contributed by atoms with van der Waals surface area (Å²) in [7, 11) is -3.66. The fourth-order valence-corrected chi connectivity index (χ4v) is 6.14. The van der Waals surface area contributed by atoms with Crippen LogP contribution in [0.3, 0.4) is 0 Å². The molecule has 180 valence electrons. The Labute approximate surface area is 198 Å². The fraction of sp³-hybridized carbons (Fsp3) is 0.375. The van der Waals surface area contributed by atoms with Gasteiger partial charge in [0.05, 0.1) is 21.8 Å². The minimum atomic E-state index is -3.66. The summed E-state index contributed by atoms with van der Waals surface area (Å²) in [6, 6.07) is 12.4. The second-order valence-corrected chi connectivity index (χ2v) is 10.9. The van der Waals surface area contributed by atoms with Gasteiger partial charge < -0.3 is 10.1 Å². The smallest absolute Gasteiger partial charge is 0.338 e. The molecule has 0 bridgehead atoms. The topological polar surface area (TPSA) is 113 Å². The van der Waals surface area contributed by atoms with Gasteiger partial charge in [0.25, 0.3) is 5.91 Å². The zero-order valence-electron chi connectivity index (χ0n) is 19.1. The molecule has 0 radical (unpaired) electrons. The van der Waals surface area contributed by atoms with Crippen LogP contribution >= 0.6 is 0 Å². The Hall–Kier alpha value is -3.24. The van der Waals surface area contributed by atoms with E-state index in [0.29, 0.717) is 24.5 Å². The number of anilines is 2. The van der Waals surface area contributed by atoms with E-state index in [9.17, 15) is 22.8 Å². The molecule has 4 rings (SSSR count). The molecule has 2 aromatic rings. The molecule has 0 aliphatic carbocycles. The number of carbonyl (C=O) groups excluding carboxylic acids is 3. The van der Waals surface area contributed by atoms with Gasteiger partial charge in [0, 0.05) is 13.1 Å². The molecule has 1 N–H and O–H groups in total. The van der Waals surface area contributed by atoms with E-state index >= 15 is 0 Å². The summed E-state index contributed by atoms with van der Waals surface area (Å²) < 4.78 is 32.6. The third-order valence-electron chi connectivity index (χ3n) is 5.96. The van der Waals surface area contributed by atoms with Crippen LogP contribution in [0.1, 0.15) is 30.6 Å². The maximum Gasteiger partial charge on any atom is 0.338 e. The molecule has 0 spiro atoms. The van der Waals surface area contributed by atoms with Gasteiger partial charge in [-0.15, -0.1) is 0 Å². The van der Waals surface area contributed by atoms with Gasteiger partial charge in [0.2, 0.25) is 15.9 Å². The SMILES string of the molecule is C[C@@H]1C[C@H](C)CN(S(=O)(=O)c2ccc(C(=O)OCC(=O)N3CC(=O)Nc4ccccc43)cc2)C1. The van der Waals surface area contributed by atoms with Gasteiger partial charge in [0.15, 0.2) is 6.61 Å². The number of esters is 1. The van der Waals surface area contributed by atoms with Crippen LogP contribution in [-0.4, -0.2) is 56.7 Å². The summed E-state index contributed by atoms with van der Waals surface area (Å²) in [5, 5.41) is 2.69. The molecule has 2 atom stereocenters. The molecular weight excluding hydrogens is 458 g/mol. The number of sulfonamides is 1. The first kappa shape index (κ1) is 23.9. The van der Waals surface area contributed by atoms with Gasteiger partial charge in [-0.25, -0.2) is 13.2 Å². The summed E-state index contributed by atoms with van der Waals surface area (Å²) in [6.07, 6.45) is 0.989. The van der Waals surface area contributed by atoms with Gasteiger partial charge in [-0.2, -0.15) is 4.31 Å². The number of para-hydroxylation sites is 2. The number of nitrogens with one attached hydrogen (secondary N) is 1. The first-order valence-electron chi connectivity index (χ1n) is 11.1. The highest BCUT2D eigenvalue weighted by Crippen LogP contribution is 2.29. The largest absolute Gasteiger partial charge is 0.452 e. The zero-order chi connectivity index (χ0) is 24.5. The van der Waals surface area contributed by atoms with Crippen LogP contribution in [0.15, 0.2) is 53.4 Å². The van der Waals surface area contributed by atoms with Crippen molar-refractivity contribution in [2.75, 3.05) is 36.5 Å². The standard InChI is InChI=1S/C24H27N3O6S/c1-16-11-17(2)13-26(12-16)34(31,32)19-9-7-18(8-10-19)24(30)33-15-23(29)27-14-22(28)25-20-5-3-4-6-21(20)27/h3-10,16-17H,11-15H2,1-2H3,(H,25,28)/t16-,17+. The molecular formula is C24H27N3O6S. The lowest BCUT2D eigenvalue weighted by Gasteiger charge is -2.34. The highest BCUT2D eigenvalue weighted by Gasteiger charge is 2.32. The number of nitrogens with zero attached hydrogens (tertiary/aromatic N) is 2. The van der Waals surface area contributed by atoms with Crippen LogP contribution in [0.2, 0.25) is 0 Å². The number of fused-ring (bicyclic) bond motifs is 1. The lowest BCUT2D eigenvalue weighted by Crippen LogP contribution is -2.44. The van der Waals surface area contributed by atoms with Crippen molar-refractivity contribution in [2.24, 2.45) is 11.8 Å². The van der Waals surface area contributed by atoms with E-state index in [4.69, 9.17) is 4.74 Å². The van der Waals surface area contributed by atoms with E-state index in [-0.39, 0.29) is 34.7 Å². The Morgan fingerprint density at radius 1 is 1.03 bits per heavy atom. The lowest BCUT2D eigenvalue weighted by molar-refractivity contribution is -0.124. The molecule has 0 aromatic heterocycles.